The first-order chi connectivity index (χ1) is 7.63. The molecule has 1 aromatic rings. The van der Waals surface area contributed by atoms with Crippen molar-refractivity contribution in [3.05, 3.63) is 24.0 Å². The average molecular weight is 225 g/mol. The van der Waals surface area contributed by atoms with Crippen LogP contribution in [0, 0.1) is 0 Å². The minimum absolute atomic E-state index is 0.105. The number of aliphatic hydroxyl groups is 1. The fraction of sp³-hybridized carbons (Fsp3) is 0.583. The fourth-order valence-corrected chi connectivity index (χ4v) is 1.35. The standard InChI is InChI=1S/C12H19NO3/c1-9(2)16-11-6-10(7-13-8-11)12(14)4-5-15-3/h6-9,12,14H,4-5H2,1-3H3. The Morgan fingerprint density at radius 3 is 2.75 bits per heavy atom. The van der Waals surface area contributed by atoms with Gasteiger partial charge in [0.1, 0.15) is 5.75 Å². The van der Waals surface area contributed by atoms with Gasteiger partial charge in [-0.25, -0.2) is 0 Å². The zero-order valence-corrected chi connectivity index (χ0v) is 10.0. The molecule has 0 aliphatic carbocycles. The van der Waals surface area contributed by atoms with Crippen molar-refractivity contribution in [3.63, 3.8) is 0 Å². The van der Waals surface area contributed by atoms with Crippen molar-refractivity contribution in [2.75, 3.05) is 13.7 Å². The monoisotopic (exact) mass is 225 g/mol. The number of methoxy groups -OCH3 is 1. The van der Waals surface area contributed by atoms with Crippen molar-refractivity contribution >= 4 is 0 Å². The van der Waals surface area contributed by atoms with Gasteiger partial charge in [-0.3, -0.25) is 4.98 Å². The molecular formula is C12H19NO3. The van der Waals surface area contributed by atoms with Gasteiger partial charge in [0.2, 0.25) is 0 Å². The van der Waals surface area contributed by atoms with Crippen LogP contribution in [0.1, 0.15) is 31.9 Å². The molecule has 1 N–H and O–H groups in total. The Bertz CT molecular complexity index is 315. The number of hydrogen-bond donors (Lipinski definition) is 1. The molecule has 0 saturated heterocycles. The van der Waals surface area contributed by atoms with Crippen LogP contribution in [-0.2, 0) is 4.74 Å². The molecule has 1 rings (SSSR count). The number of ether oxygens (including phenoxy) is 2. The Morgan fingerprint density at radius 2 is 2.12 bits per heavy atom. The third-order valence-corrected chi connectivity index (χ3v) is 2.09. The largest absolute Gasteiger partial charge is 0.489 e. The molecule has 0 saturated carbocycles. The summed E-state index contributed by atoms with van der Waals surface area (Å²) in [6, 6.07) is 1.81. The van der Waals surface area contributed by atoms with Crippen LogP contribution in [0.25, 0.3) is 0 Å². The summed E-state index contributed by atoms with van der Waals surface area (Å²) < 4.78 is 10.4. The molecular weight excluding hydrogens is 206 g/mol. The van der Waals surface area contributed by atoms with Gasteiger partial charge in [0, 0.05) is 31.9 Å². The second kappa shape index (κ2) is 6.45. The first-order valence-corrected chi connectivity index (χ1v) is 5.42. The Morgan fingerprint density at radius 1 is 1.38 bits per heavy atom. The minimum Gasteiger partial charge on any atom is -0.489 e. The summed E-state index contributed by atoms with van der Waals surface area (Å²) in [6.07, 6.45) is 3.40. The molecule has 1 unspecified atom stereocenters. The number of aromatic nitrogens is 1. The second-order valence-corrected chi connectivity index (χ2v) is 3.92. The predicted octanol–water partition coefficient (Wildman–Crippen LogP) is 1.94. The maximum absolute atomic E-state index is 9.83. The topological polar surface area (TPSA) is 51.6 Å². The maximum atomic E-state index is 9.83. The molecule has 90 valence electrons. The summed E-state index contributed by atoms with van der Waals surface area (Å²) in [5.41, 5.74) is 0.759. The van der Waals surface area contributed by atoms with Gasteiger partial charge in [-0.2, -0.15) is 0 Å². The molecule has 1 heterocycles. The van der Waals surface area contributed by atoms with E-state index >= 15 is 0 Å². The third kappa shape index (κ3) is 4.16. The zero-order chi connectivity index (χ0) is 12.0. The van der Waals surface area contributed by atoms with Crippen molar-refractivity contribution in [1.82, 2.24) is 4.98 Å². The van der Waals surface area contributed by atoms with Gasteiger partial charge in [0.25, 0.3) is 0 Å². The third-order valence-electron chi connectivity index (χ3n) is 2.09. The highest BCUT2D eigenvalue weighted by molar-refractivity contribution is 5.25. The van der Waals surface area contributed by atoms with Crippen LogP contribution < -0.4 is 4.74 Å². The first-order valence-electron chi connectivity index (χ1n) is 5.42. The molecule has 0 aromatic carbocycles. The average Bonchev–Trinajstić information content (AvgIpc) is 2.25. The number of aliphatic hydroxyl groups excluding tert-OH is 1. The highest BCUT2D eigenvalue weighted by atomic mass is 16.5. The first kappa shape index (κ1) is 12.9. The van der Waals surface area contributed by atoms with Crippen molar-refractivity contribution < 1.29 is 14.6 Å². The number of pyridine rings is 1. The van der Waals surface area contributed by atoms with E-state index in [4.69, 9.17) is 9.47 Å². The van der Waals surface area contributed by atoms with Crippen molar-refractivity contribution in [3.8, 4) is 5.75 Å². The lowest BCUT2D eigenvalue weighted by atomic mass is 10.1. The van der Waals surface area contributed by atoms with E-state index < -0.39 is 6.10 Å². The minimum atomic E-state index is -0.553. The molecule has 4 heteroatoms. The van der Waals surface area contributed by atoms with Crippen LogP contribution in [0.4, 0.5) is 0 Å². The van der Waals surface area contributed by atoms with E-state index in [1.807, 2.05) is 19.9 Å². The highest BCUT2D eigenvalue weighted by Gasteiger charge is 2.09. The lowest BCUT2D eigenvalue weighted by Gasteiger charge is -2.13. The van der Waals surface area contributed by atoms with Gasteiger partial charge in [0.15, 0.2) is 0 Å². The van der Waals surface area contributed by atoms with Gasteiger partial charge >= 0.3 is 0 Å². The zero-order valence-electron chi connectivity index (χ0n) is 10.0. The molecule has 0 spiro atoms. The summed E-state index contributed by atoms with van der Waals surface area (Å²) in [5, 5.41) is 9.83. The normalized spacial score (nSPS) is 12.8. The smallest absolute Gasteiger partial charge is 0.138 e. The van der Waals surface area contributed by atoms with E-state index in [1.54, 1.807) is 19.5 Å². The Labute approximate surface area is 96.2 Å². The second-order valence-electron chi connectivity index (χ2n) is 3.92. The molecule has 0 radical (unpaired) electrons. The molecule has 0 fully saturated rings. The number of rotatable bonds is 6. The molecule has 1 aromatic heterocycles. The van der Waals surface area contributed by atoms with Crippen LogP contribution in [0.2, 0.25) is 0 Å². The summed E-state index contributed by atoms with van der Waals surface area (Å²) in [5.74, 6) is 0.684. The summed E-state index contributed by atoms with van der Waals surface area (Å²) in [4.78, 5) is 4.04. The molecule has 0 bridgehead atoms. The lowest BCUT2D eigenvalue weighted by molar-refractivity contribution is 0.110. The molecule has 16 heavy (non-hydrogen) atoms. The molecule has 0 aliphatic rings. The summed E-state index contributed by atoms with van der Waals surface area (Å²) >= 11 is 0. The maximum Gasteiger partial charge on any atom is 0.138 e. The summed E-state index contributed by atoms with van der Waals surface area (Å²) in [6.45, 7) is 4.43. The van der Waals surface area contributed by atoms with E-state index in [2.05, 4.69) is 4.98 Å². The quantitative estimate of drug-likeness (QED) is 0.803. The van der Waals surface area contributed by atoms with Crippen LogP contribution in [0.5, 0.6) is 5.75 Å². The number of hydrogen-bond acceptors (Lipinski definition) is 4. The van der Waals surface area contributed by atoms with E-state index in [0.717, 1.165) is 5.56 Å². The van der Waals surface area contributed by atoms with E-state index in [9.17, 15) is 5.11 Å². The highest BCUT2D eigenvalue weighted by Crippen LogP contribution is 2.20. The van der Waals surface area contributed by atoms with Crippen molar-refractivity contribution in [1.29, 1.82) is 0 Å². The lowest BCUT2D eigenvalue weighted by Crippen LogP contribution is -2.07. The Hall–Kier alpha value is -1.13. The van der Waals surface area contributed by atoms with Gasteiger partial charge < -0.3 is 14.6 Å². The van der Waals surface area contributed by atoms with Gasteiger partial charge in [-0.1, -0.05) is 0 Å². The predicted molar refractivity (Wildman–Crippen MR) is 61.5 cm³/mol. The van der Waals surface area contributed by atoms with Gasteiger partial charge in [-0.15, -0.1) is 0 Å². The van der Waals surface area contributed by atoms with Crippen LogP contribution >= 0.6 is 0 Å². The van der Waals surface area contributed by atoms with E-state index in [1.165, 1.54) is 0 Å². The fourth-order valence-electron chi connectivity index (χ4n) is 1.35. The molecule has 1 atom stereocenters. The van der Waals surface area contributed by atoms with Crippen molar-refractivity contribution in [2.24, 2.45) is 0 Å². The summed E-state index contributed by atoms with van der Waals surface area (Å²) in [7, 11) is 1.61. The molecule has 4 nitrogen and oxygen atoms in total. The van der Waals surface area contributed by atoms with Crippen LogP contribution in [0.3, 0.4) is 0 Å². The van der Waals surface area contributed by atoms with Crippen LogP contribution in [-0.4, -0.2) is 29.9 Å². The van der Waals surface area contributed by atoms with Gasteiger partial charge in [-0.05, 0) is 19.9 Å². The molecule has 0 aliphatic heterocycles. The molecule has 0 amide bonds. The number of nitrogens with zero attached hydrogens (tertiary/aromatic N) is 1. The van der Waals surface area contributed by atoms with E-state index in [-0.39, 0.29) is 6.10 Å². The van der Waals surface area contributed by atoms with Crippen LogP contribution in [0.15, 0.2) is 18.5 Å². The Balaban J connectivity index is 2.65. The van der Waals surface area contributed by atoms with Gasteiger partial charge in [0.05, 0.1) is 18.4 Å². The Kier molecular flexibility index (Phi) is 5.22. The van der Waals surface area contributed by atoms with E-state index in [0.29, 0.717) is 18.8 Å². The van der Waals surface area contributed by atoms with Crippen molar-refractivity contribution in [2.45, 2.75) is 32.5 Å². The SMILES string of the molecule is COCCC(O)c1cncc(OC(C)C)c1.